The number of aryl methyl sites for hydroxylation is 2. The maximum atomic E-state index is 3.63. The maximum absolute atomic E-state index is 3.63. The zero-order valence-electron chi connectivity index (χ0n) is 10.4. The number of fused-ring (bicyclic) bond motifs is 1. The molecule has 0 bridgehead atoms. The van der Waals surface area contributed by atoms with Crippen LogP contribution in [0.25, 0.3) is 0 Å². The van der Waals surface area contributed by atoms with Crippen LogP contribution in [-0.4, -0.2) is 4.98 Å². The number of hydrogen-bond donors (Lipinski definition) is 1. The average Bonchev–Trinajstić information content (AvgIpc) is 2.82. The Kier molecular flexibility index (Phi) is 2.76. The van der Waals surface area contributed by atoms with Gasteiger partial charge in [-0.2, -0.15) is 0 Å². The van der Waals surface area contributed by atoms with Crippen molar-refractivity contribution in [3.63, 3.8) is 0 Å². The van der Waals surface area contributed by atoms with Gasteiger partial charge >= 0.3 is 0 Å². The first-order valence-corrected chi connectivity index (χ1v) is 6.60. The van der Waals surface area contributed by atoms with E-state index in [0.717, 1.165) is 0 Å². The van der Waals surface area contributed by atoms with Crippen LogP contribution in [0.2, 0.25) is 0 Å². The molecule has 1 heterocycles. The number of H-pyrrole nitrogens is 1. The standard InChI is InChI=1S/C16H19N/c1-12(13-7-3-2-4-8-13)16-11-14-9-5-6-10-15(14)17-16/h2-4,7-8,11-12,17H,5-6,9-10H2,1H3. The first-order chi connectivity index (χ1) is 8.34. The summed E-state index contributed by atoms with van der Waals surface area (Å²) >= 11 is 0. The smallest absolute Gasteiger partial charge is 0.0225 e. The molecular formula is C16H19N. The summed E-state index contributed by atoms with van der Waals surface area (Å²) in [6.45, 7) is 2.28. The summed E-state index contributed by atoms with van der Waals surface area (Å²) in [4.78, 5) is 3.63. The van der Waals surface area contributed by atoms with Gasteiger partial charge in [0.1, 0.15) is 0 Å². The topological polar surface area (TPSA) is 15.8 Å². The van der Waals surface area contributed by atoms with E-state index < -0.39 is 0 Å². The molecule has 1 heteroatoms. The third-order valence-corrected chi connectivity index (χ3v) is 3.90. The molecule has 1 aromatic carbocycles. The number of aromatic nitrogens is 1. The number of aromatic amines is 1. The van der Waals surface area contributed by atoms with E-state index in [1.165, 1.54) is 42.6 Å². The molecule has 1 N–H and O–H groups in total. The molecule has 0 saturated carbocycles. The second-order valence-corrected chi connectivity index (χ2v) is 5.07. The maximum Gasteiger partial charge on any atom is 0.0225 e. The molecular weight excluding hydrogens is 206 g/mol. The Balaban J connectivity index is 1.91. The Morgan fingerprint density at radius 2 is 1.82 bits per heavy atom. The van der Waals surface area contributed by atoms with Gasteiger partial charge in [-0.05, 0) is 42.9 Å². The van der Waals surface area contributed by atoms with Crippen molar-refractivity contribution in [2.75, 3.05) is 0 Å². The van der Waals surface area contributed by atoms with Gasteiger partial charge in [-0.3, -0.25) is 0 Å². The molecule has 0 fully saturated rings. The summed E-state index contributed by atoms with van der Waals surface area (Å²) in [7, 11) is 0. The summed E-state index contributed by atoms with van der Waals surface area (Å²) in [6.07, 6.45) is 5.18. The van der Waals surface area contributed by atoms with E-state index in [-0.39, 0.29) is 0 Å². The third kappa shape index (κ3) is 2.02. The molecule has 0 amide bonds. The minimum atomic E-state index is 0.474. The van der Waals surface area contributed by atoms with Crippen molar-refractivity contribution in [2.45, 2.75) is 38.5 Å². The molecule has 3 rings (SSSR count). The minimum absolute atomic E-state index is 0.474. The lowest BCUT2D eigenvalue weighted by Gasteiger charge is -2.10. The van der Waals surface area contributed by atoms with Crippen LogP contribution in [0.3, 0.4) is 0 Å². The minimum Gasteiger partial charge on any atom is -0.362 e. The van der Waals surface area contributed by atoms with Crippen LogP contribution in [0.4, 0.5) is 0 Å². The van der Waals surface area contributed by atoms with E-state index in [9.17, 15) is 0 Å². The van der Waals surface area contributed by atoms with E-state index >= 15 is 0 Å². The highest BCUT2D eigenvalue weighted by atomic mass is 14.7. The summed E-state index contributed by atoms with van der Waals surface area (Å²) in [5, 5.41) is 0. The fraction of sp³-hybridized carbons (Fsp3) is 0.375. The van der Waals surface area contributed by atoms with Gasteiger partial charge in [0.05, 0.1) is 0 Å². The van der Waals surface area contributed by atoms with Crippen LogP contribution in [0.5, 0.6) is 0 Å². The fourth-order valence-electron chi connectivity index (χ4n) is 2.78. The van der Waals surface area contributed by atoms with E-state index in [1.54, 1.807) is 5.56 Å². The molecule has 1 aliphatic carbocycles. The van der Waals surface area contributed by atoms with Crippen LogP contribution >= 0.6 is 0 Å². The van der Waals surface area contributed by atoms with E-state index in [1.807, 2.05) is 0 Å². The predicted molar refractivity (Wildman–Crippen MR) is 71.4 cm³/mol. The number of rotatable bonds is 2. The van der Waals surface area contributed by atoms with Crippen molar-refractivity contribution in [1.82, 2.24) is 4.98 Å². The number of benzene rings is 1. The molecule has 1 unspecified atom stereocenters. The van der Waals surface area contributed by atoms with Gasteiger partial charge in [-0.1, -0.05) is 37.3 Å². The lowest BCUT2D eigenvalue weighted by atomic mass is 9.96. The Labute approximate surface area is 103 Å². The van der Waals surface area contributed by atoms with Gasteiger partial charge in [-0.15, -0.1) is 0 Å². The molecule has 0 spiro atoms. The van der Waals surface area contributed by atoms with Crippen molar-refractivity contribution < 1.29 is 0 Å². The first-order valence-electron chi connectivity index (χ1n) is 6.60. The molecule has 0 saturated heterocycles. The summed E-state index contributed by atoms with van der Waals surface area (Å²) in [5.74, 6) is 0.474. The first kappa shape index (κ1) is 10.6. The van der Waals surface area contributed by atoms with Crippen molar-refractivity contribution in [1.29, 1.82) is 0 Å². The average molecular weight is 225 g/mol. The molecule has 1 nitrogen and oxygen atoms in total. The Bertz CT molecular complexity index is 472. The highest BCUT2D eigenvalue weighted by molar-refractivity contribution is 5.34. The summed E-state index contributed by atoms with van der Waals surface area (Å²) in [6, 6.07) is 13.1. The lowest BCUT2D eigenvalue weighted by Crippen LogP contribution is -2.00. The van der Waals surface area contributed by atoms with Crippen LogP contribution < -0.4 is 0 Å². The van der Waals surface area contributed by atoms with Crippen molar-refractivity contribution in [3.05, 3.63) is 58.9 Å². The Morgan fingerprint density at radius 3 is 2.59 bits per heavy atom. The summed E-state index contributed by atoms with van der Waals surface area (Å²) in [5.41, 5.74) is 5.80. The molecule has 0 radical (unpaired) electrons. The zero-order chi connectivity index (χ0) is 11.7. The highest BCUT2D eigenvalue weighted by Gasteiger charge is 2.16. The van der Waals surface area contributed by atoms with E-state index in [0.29, 0.717) is 5.92 Å². The predicted octanol–water partition coefficient (Wildman–Crippen LogP) is 4.05. The van der Waals surface area contributed by atoms with Crippen LogP contribution in [0, 0.1) is 0 Å². The zero-order valence-corrected chi connectivity index (χ0v) is 10.4. The van der Waals surface area contributed by atoms with Gasteiger partial charge in [0.15, 0.2) is 0 Å². The Hall–Kier alpha value is -1.50. The molecule has 2 aromatic rings. The van der Waals surface area contributed by atoms with Gasteiger partial charge in [0, 0.05) is 17.3 Å². The highest BCUT2D eigenvalue weighted by Crippen LogP contribution is 2.28. The van der Waals surface area contributed by atoms with Gasteiger partial charge in [0.25, 0.3) is 0 Å². The summed E-state index contributed by atoms with van der Waals surface area (Å²) < 4.78 is 0. The van der Waals surface area contributed by atoms with Gasteiger partial charge < -0.3 is 4.98 Å². The van der Waals surface area contributed by atoms with E-state index in [2.05, 4.69) is 48.3 Å². The van der Waals surface area contributed by atoms with E-state index in [4.69, 9.17) is 0 Å². The fourth-order valence-corrected chi connectivity index (χ4v) is 2.78. The largest absolute Gasteiger partial charge is 0.362 e. The van der Waals surface area contributed by atoms with Crippen LogP contribution in [-0.2, 0) is 12.8 Å². The number of nitrogens with one attached hydrogen (secondary N) is 1. The normalized spacial score (nSPS) is 16.5. The van der Waals surface area contributed by atoms with Crippen molar-refractivity contribution >= 4 is 0 Å². The molecule has 0 aliphatic heterocycles. The van der Waals surface area contributed by atoms with Crippen molar-refractivity contribution in [3.8, 4) is 0 Å². The Morgan fingerprint density at radius 1 is 1.06 bits per heavy atom. The molecule has 1 atom stereocenters. The molecule has 1 aromatic heterocycles. The van der Waals surface area contributed by atoms with Crippen LogP contribution in [0.15, 0.2) is 36.4 Å². The third-order valence-electron chi connectivity index (χ3n) is 3.90. The second-order valence-electron chi connectivity index (χ2n) is 5.07. The molecule has 1 aliphatic rings. The van der Waals surface area contributed by atoms with Crippen molar-refractivity contribution in [2.24, 2.45) is 0 Å². The SMILES string of the molecule is CC(c1ccccc1)c1cc2c([nH]1)CCCC2. The second kappa shape index (κ2) is 4.40. The van der Waals surface area contributed by atoms with Gasteiger partial charge in [0.2, 0.25) is 0 Å². The molecule has 17 heavy (non-hydrogen) atoms. The molecule has 88 valence electrons. The van der Waals surface area contributed by atoms with Crippen LogP contribution in [0.1, 0.15) is 48.2 Å². The monoisotopic (exact) mass is 225 g/mol. The van der Waals surface area contributed by atoms with Gasteiger partial charge in [-0.25, -0.2) is 0 Å². The quantitative estimate of drug-likeness (QED) is 0.793. The lowest BCUT2D eigenvalue weighted by molar-refractivity contribution is 0.675. The number of hydrogen-bond acceptors (Lipinski definition) is 0.